The third-order valence-electron chi connectivity index (χ3n) is 5.97. The molecule has 2 fully saturated rings. The van der Waals surface area contributed by atoms with E-state index in [0.717, 1.165) is 13.1 Å². The lowest BCUT2D eigenvalue weighted by atomic mass is 9.85. The predicted molar refractivity (Wildman–Crippen MR) is 121 cm³/mol. The van der Waals surface area contributed by atoms with Crippen LogP contribution in [0, 0.1) is 10.8 Å². The first-order chi connectivity index (χ1) is 13.3. The lowest BCUT2D eigenvalue weighted by molar-refractivity contribution is 0.350. The number of nitrogens with zero attached hydrogens (tertiary/aromatic N) is 4. The molecule has 2 saturated heterocycles. The van der Waals surface area contributed by atoms with Crippen molar-refractivity contribution in [3.05, 3.63) is 35.8 Å². The molecule has 0 radical (unpaired) electrons. The second kappa shape index (κ2) is 10.2. The number of rotatable bonds is 9. The maximum Gasteiger partial charge on any atom is 0.0373 e. The zero-order valence-electron chi connectivity index (χ0n) is 18.4. The Labute approximate surface area is 172 Å². The fraction of sp³-hybridized carbons (Fsp3) is 0.667. The standard InChI is InChI=1S/C24H38N4/c1-7-21(17-27-13-9-10-14-27)23(3,4)19-25-26-20-24(5,6)22(8-2)18-28-15-11-12-16-28/h19-20H,1-2,9-18H2,3-6H3/b25-19+,26-20+. The molecule has 0 aromatic rings. The van der Waals surface area contributed by atoms with Crippen LogP contribution in [0.25, 0.3) is 0 Å². The first-order valence-electron chi connectivity index (χ1n) is 10.6. The van der Waals surface area contributed by atoms with Crippen LogP contribution in [-0.4, -0.2) is 61.5 Å². The second-order valence-corrected chi connectivity index (χ2v) is 9.21. The molecule has 0 spiro atoms. The van der Waals surface area contributed by atoms with Crippen molar-refractivity contribution in [2.75, 3.05) is 39.3 Å². The van der Waals surface area contributed by atoms with Gasteiger partial charge in [-0.1, -0.05) is 40.9 Å². The van der Waals surface area contributed by atoms with E-state index in [1.165, 1.54) is 63.0 Å². The summed E-state index contributed by atoms with van der Waals surface area (Å²) in [5.74, 6) is 0. The van der Waals surface area contributed by atoms with Gasteiger partial charge in [0.05, 0.1) is 0 Å². The quantitative estimate of drug-likeness (QED) is 0.328. The van der Waals surface area contributed by atoms with Crippen molar-refractivity contribution in [1.82, 2.24) is 9.80 Å². The van der Waals surface area contributed by atoms with E-state index in [1.54, 1.807) is 0 Å². The highest BCUT2D eigenvalue weighted by Crippen LogP contribution is 2.27. The summed E-state index contributed by atoms with van der Waals surface area (Å²) in [6.45, 7) is 22.9. The summed E-state index contributed by atoms with van der Waals surface area (Å²) in [5.41, 5.74) is 8.23. The molecule has 0 saturated carbocycles. The van der Waals surface area contributed by atoms with E-state index in [9.17, 15) is 0 Å². The molecule has 154 valence electrons. The zero-order valence-corrected chi connectivity index (χ0v) is 18.4. The normalized spacial score (nSPS) is 19.4. The predicted octanol–water partition coefficient (Wildman–Crippen LogP) is 4.71. The minimum absolute atomic E-state index is 0.210. The SMILES string of the molecule is C=C=C(CN1CCCC1)C(C)(C)/C=N/N=C/C(C)(C)C(=C=C)CN1CCCC1. The monoisotopic (exact) mass is 382 g/mol. The molecule has 2 heterocycles. The van der Waals surface area contributed by atoms with Crippen LogP contribution in [0.2, 0.25) is 0 Å². The van der Waals surface area contributed by atoms with Gasteiger partial charge in [0.25, 0.3) is 0 Å². The minimum atomic E-state index is -0.210. The summed E-state index contributed by atoms with van der Waals surface area (Å²) < 4.78 is 0. The first-order valence-corrected chi connectivity index (χ1v) is 10.6. The van der Waals surface area contributed by atoms with Gasteiger partial charge in [0.1, 0.15) is 0 Å². The second-order valence-electron chi connectivity index (χ2n) is 9.21. The van der Waals surface area contributed by atoms with E-state index in [-0.39, 0.29) is 10.8 Å². The molecule has 0 unspecified atom stereocenters. The lowest BCUT2D eigenvalue weighted by Crippen LogP contribution is -2.29. The third kappa shape index (κ3) is 6.43. The Hall–Kier alpha value is -1.70. The molecule has 0 aromatic carbocycles. The molecule has 4 nitrogen and oxygen atoms in total. The Morgan fingerprint density at radius 3 is 1.36 bits per heavy atom. The van der Waals surface area contributed by atoms with Crippen LogP contribution in [-0.2, 0) is 0 Å². The summed E-state index contributed by atoms with van der Waals surface area (Å²) in [5, 5.41) is 8.76. The fourth-order valence-corrected chi connectivity index (χ4v) is 3.81. The number of hydrogen-bond donors (Lipinski definition) is 0. The van der Waals surface area contributed by atoms with Crippen molar-refractivity contribution in [3.63, 3.8) is 0 Å². The van der Waals surface area contributed by atoms with Gasteiger partial charge in [-0.05, 0) is 63.0 Å². The molecule has 0 N–H and O–H groups in total. The molecule has 28 heavy (non-hydrogen) atoms. The van der Waals surface area contributed by atoms with Crippen molar-refractivity contribution in [1.29, 1.82) is 0 Å². The number of hydrogen-bond acceptors (Lipinski definition) is 4. The molecule has 2 aliphatic heterocycles. The van der Waals surface area contributed by atoms with Crippen molar-refractivity contribution in [3.8, 4) is 0 Å². The Morgan fingerprint density at radius 1 is 0.750 bits per heavy atom. The van der Waals surface area contributed by atoms with Crippen LogP contribution >= 0.6 is 0 Å². The molecule has 0 aromatic heterocycles. The molecule has 4 heteroatoms. The summed E-state index contributed by atoms with van der Waals surface area (Å²) in [7, 11) is 0. The van der Waals surface area contributed by atoms with Gasteiger partial charge in [0.2, 0.25) is 0 Å². The van der Waals surface area contributed by atoms with Crippen molar-refractivity contribution < 1.29 is 0 Å². The van der Waals surface area contributed by atoms with Crippen molar-refractivity contribution in [2.45, 2.75) is 53.4 Å². The average Bonchev–Trinajstić information content (AvgIpc) is 3.34. The highest BCUT2D eigenvalue weighted by atomic mass is 15.2. The van der Waals surface area contributed by atoms with Crippen LogP contribution in [0.5, 0.6) is 0 Å². The van der Waals surface area contributed by atoms with E-state index in [2.05, 4.69) is 72.3 Å². The topological polar surface area (TPSA) is 31.2 Å². The summed E-state index contributed by atoms with van der Waals surface area (Å²) >= 11 is 0. The van der Waals surface area contributed by atoms with Crippen LogP contribution in [0.3, 0.4) is 0 Å². The molecule has 2 rings (SSSR count). The first kappa shape index (κ1) is 22.6. The molecular weight excluding hydrogens is 344 g/mol. The van der Waals surface area contributed by atoms with Gasteiger partial charge in [-0.2, -0.15) is 10.2 Å². The van der Waals surface area contributed by atoms with E-state index in [1.807, 2.05) is 12.4 Å². The molecule has 0 atom stereocenters. The molecule has 0 amide bonds. The molecule has 0 aliphatic carbocycles. The third-order valence-corrected chi connectivity index (χ3v) is 5.97. The molecule has 0 bridgehead atoms. The van der Waals surface area contributed by atoms with Crippen molar-refractivity contribution in [2.24, 2.45) is 21.0 Å². The van der Waals surface area contributed by atoms with Gasteiger partial charge >= 0.3 is 0 Å². The van der Waals surface area contributed by atoms with Gasteiger partial charge in [-0.25, -0.2) is 0 Å². The maximum absolute atomic E-state index is 4.38. The Balaban J connectivity index is 1.98. The summed E-state index contributed by atoms with van der Waals surface area (Å²) in [6.07, 6.45) is 8.98. The minimum Gasteiger partial charge on any atom is -0.299 e. The van der Waals surface area contributed by atoms with E-state index in [4.69, 9.17) is 0 Å². The number of likely N-dealkylation sites (tertiary alicyclic amines) is 2. The zero-order chi connectivity index (χ0) is 20.6. The van der Waals surface area contributed by atoms with Crippen LogP contribution in [0.1, 0.15) is 53.4 Å². The van der Waals surface area contributed by atoms with Crippen molar-refractivity contribution >= 4 is 12.4 Å². The van der Waals surface area contributed by atoms with Gasteiger partial charge in [0, 0.05) is 36.3 Å². The highest BCUT2D eigenvalue weighted by Gasteiger charge is 2.26. The van der Waals surface area contributed by atoms with Gasteiger partial charge in [-0.3, -0.25) is 9.80 Å². The van der Waals surface area contributed by atoms with Gasteiger partial charge in [-0.15, -0.1) is 11.5 Å². The van der Waals surface area contributed by atoms with Crippen LogP contribution in [0.4, 0.5) is 0 Å². The maximum atomic E-state index is 4.38. The van der Waals surface area contributed by atoms with Crippen LogP contribution < -0.4 is 0 Å². The smallest absolute Gasteiger partial charge is 0.0373 e. The van der Waals surface area contributed by atoms with Gasteiger partial charge < -0.3 is 0 Å². The average molecular weight is 383 g/mol. The molecule has 2 aliphatic rings. The van der Waals surface area contributed by atoms with E-state index >= 15 is 0 Å². The Morgan fingerprint density at radius 2 is 1.07 bits per heavy atom. The highest BCUT2D eigenvalue weighted by molar-refractivity contribution is 5.73. The fourth-order valence-electron chi connectivity index (χ4n) is 3.81. The van der Waals surface area contributed by atoms with E-state index in [0.29, 0.717) is 0 Å². The van der Waals surface area contributed by atoms with E-state index < -0.39 is 0 Å². The largest absolute Gasteiger partial charge is 0.299 e. The Kier molecular flexibility index (Phi) is 8.22. The summed E-state index contributed by atoms with van der Waals surface area (Å²) in [6, 6.07) is 0. The van der Waals surface area contributed by atoms with Gasteiger partial charge in [0.15, 0.2) is 0 Å². The lowest BCUT2D eigenvalue weighted by Gasteiger charge is -2.26. The summed E-state index contributed by atoms with van der Waals surface area (Å²) in [4.78, 5) is 4.93. The van der Waals surface area contributed by atoms with Crippen LogP contribution in [0.15, 0.2) is 46.0 Å². The molecular formula is C24H38N4. The Bertz CT molecular complexity index is 613.